The number of aryl methyl sites for hydroxylation is 1. The minimum Gasteiger partial charge on any atom is -0.477 e. The van der Waals surface area contributed by atoms with E-state index in [2.05, 4.69) is 4.98 Å². The zero-order valence-electron chi connectivity index (χ0n) is 19.9. The van der Waals surface area contributed by atoms with E-state index in [0.29, 0.717) is 12.0 Å². The molecule has 0 aliphatic carbocycles. The molecular formula is C23H29F4N3O4S. The van der Waals surface area contributed by atoms with Crippen LogP contribution in [0, 0.1) is 11.2 Å². The Balaban J connectivity index is 2.29. The van der Waals surface area contributed by atoms with Crippen LogP contribution in [0.5, 0.6) is 5.88 Å². The standard InChI is InChI=1S/C23H29F4N3O4S/c1-22(2,3)11-12-34-21-14(7-10-19(29-21)23(25,26)27)5-8-16(20(28)31)15-6-9-18(17(24)13-15)30(4)35(32)33/h6-7,9-10,13,16H,5,8,11-12H2,1-4H3,(H2,28,31)(H,32,33). The molecular weight excluding hydrogens is 490 g/mol. The van der Waals surface area contributed by atoms with Crippen LogP contribution in [0.4, 0.5) is 23.2 Å². The lowest BCUT2D eigenvalue weighted by Gasteiger charge is -2.20. The fourth-order valence-electron chi connectivity index (χ4n) is 3.25. The van der Waals surface area contributed by atoms with E-state index in [9.17, 15) is 26.6 Å². The van der Waals surface area contributed by atoms with Crippen molar-refractivity contribution in [1.82, 2.24) is 4.98 Å². The van der Waals surface area contributed by atoms with Gasteiger partial charge in [0, 0.05) is 12.6 Å². The lowest BCUT2D eigenvalue weighted by molar-refractivity contribution is -0.141. The Labute approximate surface area is 204 Å². The van der Waals surface area contributed by atoms with Crippen molar-refractivity contribution in [3.63, 3.8) is 0 Å². The number of hydrogen-bond acceptors (Lipinski definition) is 4. The third kappa shape index (κ3) is 8.17. The molecule has 0 saturated heterocycles. The molecule has 0 spiro atoms. The number of hydrogen-bond donors (Lipinski definition) is 2. The molecule has 1 aromatic heterocycles. The van der Waals surface area contributed by atoms with E-state index in [1.54, 1.807) is 0 Å². The van der Waals surface area contributed by atoms with Crippen LogP contribution in [0.15, 0.2) is 30.3 Å². The van der Waals surface area contributed by atoms with E-state index >= 15 is 0 Å². The second kappa shape index (κ2) is 11.3. The second-order valence-corrected chi connectivity index (χ2v) is 10.3. The Hall–Kier alpha value is -2.73. The van der Waals surface area contributed by atoms with Crippen LogP contribution in [-0.2, 0) is 28.7 Å². The van der Waals surface area contributed by atoms with Crippen LogP contribution in [0.3, 0.4) is 0 Å². The number of pyridine rings is 1. The average Bonchev–Trinajstić information content (AvgIpc) is 2.72. The van der Waals surface area contributed by atoms with Gasteiger partial charge in [0.05, 0.1) is 18.2 Å². The molecule has 2 unspecified atom stereocenters. The number of nitrogens with two attached hydrogens (primary N) is 1. The van der Waals surface area contributed by atoms with E-state index in [1.807, 2.05) is 20.8 Å². The molecule has 3 N–H and O–H groups in total. The number of anilines is 1. The number of benzene rings is 1. The fourth-order valence-corrected chi connectivity index (χ4v) is 3.57. The van der Waals surface area contributed by atoms with Crippen LogP contribution in [0.1, 0.15) is 56.4 Å². The van der Waals surface area contributed by atoms with E-state index < -0.39 is 40.8 Å². The predicted octanol–water partition coefficient (Wildman–Crippen LogP) is 4.83. The summed E-state index contributed by atoms with van der Waals surface area (Å²) in [5.41, 5.74) is 4.75. The molecule has 7 nitrogen and oxygen atoms in total. The number of carbonyl (C=O) groups excluding carboxylic acids is 1. The highest BCUT2D eigenvalue weighted by Crippen LogP contribution is 2.33. The van der Waals surface area contributed by atoms with Crippen molar-refractivity contribution < 1.29 is 35.9 Å². The number of ether oxygens (including phenoxy) is 1. The van der Waals surface area contributed by atoms with E-state index in [0.717, 1.165) is 16.4 Å². The number of primary amides is 1. The molecule has 1 aromatic carbocycles. The molecule has 0 fully saturated rings. The zero-order valence-corrected chi connectivity index (χ0v) is 20.7. The van der Waals surface area contributed by atoms with Gasteiger partial charge in [0.25, 0.3) is 11.3 Å². The minimum absolute atomic E-state index is 0.0541. The Morgan fingerprint density at radius 2 is 1.89 bits per heavy atom. The summed E-state index contributed by atoms with van der Waals surface area (Å²) >= 11 is -2.45. The van der Waals surface area contributed by atoms with Crippen molar-refractivity contribution in [3.8, 4) is 5.88 Å². The van der Waals surface area contributed by atoms with Gasteiger partial charge in [0.1, 0.15) is 11.5 Å². The quantitative estimate of drug-likeness (QED) is 0.346. The van der Waals surface area contributed by atoms with Crippen molar-refractivity contribution in [2.45, 2.75) is 52.1 Å². The van der Waals surface area contributed by atoms with Crippen LogP contribution in [0.2, 0.25) is 0 Å². The Kier molecular flexibility index (Phi) is 9.23. The molecule has 12 heteroatoms. The first kappa shape index (κ1) is 28.5. The Morgan fingerprint density at radius 3 is 2.40 bits per heavy atom. The van der Waals surface area contributed by atoms with E-state index in [-0.39, 0.29) is 42.0 Å². The number of nitrogens with zero attached hydrogens (tertiary/aromatic N) is 2. The first-order valence-electron chi connectivity index (χ1n) is 10.7. The SMILES string of the molecule is CN(c1ccc(C(CCc2ccc(C(F)(F)F)nc2OCCC(C)(C)C)C(N)=O)cc1F)S(=O)O. The molecule has 2 rings (SSSR count). The Bertz CT molecular complexity index is 1070. The molecule has 0 saturated carbocycles. The van der Waals surface area contributed by atoms with Gasteiger partial charge >= 0.3 is 6.18 Å². The molecule has 194 valence electrons. The minimum atomic E-state index is -4.65. The van der Waals surface area contributed by atoms with Crippen molar-refractivity contribution in [2.24, 2.45) is 11.1 Å². The van der Waals surface area contributed by atoms with Crippen LogP contribution in [0.25, 0.3) is 0 Å². The maximum absolute atomic E-state index is 14.5. The van der Waals surface area contributed by atoms with Gasteiger partial charge in [-0.1, -0.05) is 32.9 Å². The topological polar surface area (TPSA) is 106 Å². The van der Waals surface area contributed by atoms with Gasteiger partial charge in [0.2, 0.25) is 11.8 Å². The number of alkyl halides is 3. The van der Waals surface area contributed by atoms with Gasteiger partial charge in [-0.05, 0) is 48.4 Å². The molecule has 0 aliphatic heterocycles. The molecule has 2 aromatic rings. The summed E-state index contributed by atoms with van der Waals surface area (Å²) in [6, 6.07) is 5.78. The third-order valence-corrected chi connectivity index (χ3v) is 5.98. The summed E-state index contributed by atoms with van der Waals surface area (Å²) in [5.74, 6) is -2.73. The second-order valence-electron chi connectivity index (χ2n) is 9.25. The Morgan fingerprint density at radius 1 is 1.23 bits per heavy atom. The van der Waals surface area contributed by atoms with Gasteiger partial charge in [-0.3, -0.25) is 13.7 Å². The highest BCUT2D eigenvalue weighted by molar-refractivity contribution is 7.80. The number of amides is 1. The number of aromatic nitrogens is 1. The van der Waals surface area contributed by atoms with Crippen LogP contribution in [-0.4, -0.2) is 33.3 Å². The molecule has 35 heavy (non-hydrogen) atoms. The van der Waals surface area contributed by atoms with Crippen molar-refractivity contribution in [1.29, 1.82) is 0 Å². The molecule has 2 atom stereocenters. The first-order chi connectivity index (χ1) is 16.1. The van der Waals surface area contributed by atoms with Crippen molar-refractivity contribution >= 4 is 22.9 Å². The van der Waals surface area contributed by atoms with E-state index in [4.69, 9.17) is 15.0 Å². The molecule has 1 amide bonds. The maximum Gasteiger partial charge on any atom is 0.433 e. The summed E-state index contributed by atoms with van der Waals surface area (Å²) in [7, 11) is 1.22. The number of carbonyl (C=O) groups is 1. The third-order valence-electron chi connectivity index (χ3n) is 5.31. The normalized spacial score (nSPS) is 13.9. The summed E-state index contributed by atoms with van der Waals surface area (Å²) in [5, 5.41) is 0. The van der Waals surface area contributed by atoms with Gasteiger partial charge < -0.3 is 10.5 Å². The number of rotatable bonds is 10. The zero-order chi connectivity index (χ0) is 26.6. The van der Waals surface area contributed by atoms with Gasteiger partial charge in [0.15, 0.2) is 0 Å². The van der Waals surface area contributed by atoms with Gasteiger partial charge in [-0.2, -0.15) is 13.2 Å². The summed E-state index contributed by atoms with van der Waals surface area (Å²) in [6.07, 6.45) is -3.93. The first-order valence-corrected chi connectivity index (χ1v) is 11.8. The van der Waals surface area contributed by atoms with Crippen molar-refractivity contribution in [3.05, 3.63) is 53.0 Å². The molecule has 0 bridgehead atoms. The lowest BCUT2D eigenvalue weighted by Crippen LogP contribution is -2.23. The maximum atomic E-state index is 14.5. The predicted molar refractivity (Wildman–Crippen MR) is 125 cm³/mol. The van der Waals surface area contributed by atoms with Crippen LogP contribution >= 0.6 is 0 Å². The van der Waals surface area contributed by atoms with Crippen LogP contribution < -0.4 is 14.8 Å². The molecule has 0 radical (unpaired) electrons. The average molecular weight is 520 g/mol. The van der Waals surface area contributed by atoms with Gasteiger partial charge in [-0.15, -0.1) is 0 Å². The van der Waals surface area contributed by atoms with Gasteiger partial charge in [-0.25, -0.2) is 13.6 Å². The number of halogens is 4. The van der Waals surface area contributed by atoms with Crippen molar-refractivity contribution in [2.75, 3.05) is 18.0 Å². The largest absolute Gasteiger partial charge is 0.477 e. The van der Waals surface area contributed by atoms with E-state index in [1.165, 1.54) is 25.2 Å². The summed E-state index contributed by atoms with van der Waals surface area (Å²) < 4.78 is 80.8. The summed E-state index contributed by atoms with van der Waals surface area (Å²) in [6.45, 7) is 6.05. The fraction of sp³-hybridized carbons (Fsp3) is 0.478. The monoisotopic (exact) mass is 519 g/mol. The summed E-state index contributed by atoms with van der Waals surface area (Å²) in [4.78, 5) is 15.8. The smallest absolute Gasteiger partial charge is 0.433 e. The molecule has 0 aliphatic rings. The highest BCUT2D eigenvalue weighted by Gasteiger charge is 2.33. The lowest BCUT2D eigenvalue weighted by atomic mass is 9.91. The molecule has 1 heterocycles. The highest BCUT2D eigenvalue weighted by atomic mass is 32.2.